The molecule has 14 heteroatoms. The Morgan fingerprint density at radius 3 is 2.16 bits per heavy atom. The minimum absolute atomic E-state index is 0.0399. The summed E-state index contributed by atoms with van der Waals surface area (Å²) < 4.78 is 51.1. The largest absolute Gasteiger partial charge is 0.456 e. The molecule has 61 heavy (non-hydrogen) atoms. The molecule has 0 aliphatic carbocycles. The van der Waals surface area contributed by atoms with Crippen LogP contribution in [-0.4, -0.2) is 124 Å². The number of carbonyl (C=O) groups is 3. The Kier molecular flexibility index (Phi) is 17.5. The molecular formula is C47H78N2O11Si. The van der Waals surface area contributed by atoms with Crippen molar-refractivity contribution >= 4 is 26.3 Å². The molecule has 2 aliphatic rings. The van der Waals surface area contributed by atoms with Crippen LogP contribution in [0.4, 0.5) is 4.79 Å². The number of rotatable bonds is 18. The van der Waals surface area contributed by atoms with Gasteiger partial charge in [0.2, 0.25) is 5.79 Å². The topological polar surface area (TPSA) is 132 Å². The van der Waals surface area contributed by atoms with E-state index < -0.39 is 73.8 Å². The molecule has 1 aromatic rings. The van der Waals surface area contributed by atoms with Crippen LogP contribution in [0.5, 0.6) is 0 Å². The SMILES string of the molecule is C=C[C@H](CO[Si](C)(C)C(C)(C)C)N(C[C@H](C)C[C@@](C)(OC)[C@H](O[C@@H]1O[C@H](C)C[C@H](N(C)C)[C@H]1OC(=O)c1ccccc1)[C@@H](C)C1=C(C)C(=O)OC(C)(C)O1)C(=O)OC(C)(C)C. The summed E-state index contributed by atoms with van der Waals surface area (Å²) in [4.78, 5) is 44.7. The summed E-state index contributed by atoms with van der Waals surface area (Å²) in [7, 11) is 3.29. The zero-order valence-electron chi connectivity index (χ0n) is 40.5. The summed E-state index contributed by atoms with van der Waals surface area (Å²) in [5.41, 5.74) is -1.16. The lowest BCUT2D eigenvalue weighted by atomic mass is 9.80. The summed E-state index contributed by atoms with van der Waals surface area (Å²) in [6.45, 7) is 33.9. The van der Waals surface area contributed by atoms with Crippen LogP contribution >= 0.6 is 0 Å². The van der Waals surface area contributed by atoms with Gasteiger partial charge in [-0.05, 0) is 105 Å². The summed E-state index contributed by atoms with van der Waals surface area (Å²) in [6, 6.07) is 8.07. The van der Waals surface area contributed by atoms with E-state index in [1.54, 1.807) is 63.1 Å². The quantitative estimate of drug-likeness (QED) is 0.0603. The van der Waals surface area contributed by atoms with Crippen LogP contribution < -0.4 is 0 Å². The lowest BCUT2D eigenvalue weighted by Crippen LogP contribution is -2.60. The molecule has 1 amide bonds. The highest BCUT2D eigenvalue weighted by Crippen LogP contribution is 2.42. The van der Waals surface area contributed by atoms with E-state index in [9.17, 15) is 14.4 Å². The number of methoxy groups -OCH3 is 1. The Balaban J connectivity index is 2.13. The van der Waals surface area contributed by atoms with Crippen LogP contribution in [0.1, 0.15) is 113 Å². The van der Waals surface area contributed by atoms with Crippen molar-refractivity contribution in [2.75, 3.05) is 34.4 Å². The van der Waals surface area contributed by atoms with Gasteiger partial charge in [-0.25, -0.2) is 14.4 Å². The number of carbonyl (C=O) groups excluding carboxylic acids is 3. The van der Waals surface area contributed by atoms with Crippen molar-refractivity contribution in [3.8, 4) is 0 Å². The number of nitrogens with zero attached hydrogens (tertiary/aromatic N) is 2. The van der Waals surface area contributed by atoms with Crippen molar-refractivity contribution in [3.05, 3.63) is 59.9 Å². The fourth-order valence-electron chi connectivity index (χ4n) is 7.67. The number of cyclic esters (lactones) is 1. The Hall–Kier alpha value is -3.27. The summed E-state index contributed by atoms with van der Waals surface area (Å²) in [5.74, 6) is -2.71. The molecule has 346 valence electrons. The molecule has 1 fully saturated rings. The number of hydrogen-bond donors (Lipinski definition) is 0. The van der Waals surface area contributed by atoms with E-state index in [1.807, 2.05) is 73.5 Å². The van der Waals surface area contributed by atoms with Gasteiger partial charge >= 0.3 is 18.0 Å². The van der Waals surface area contributed by atoms with E-state index in [-0.39, 0.29) is 36.3 Å². The second-order valence-corrected chi connectivity index (χ2v) is 25.2. The van der Waals surface area contributed by atoms with E-state index in [1.165, 1.54) is 0 Å². The summed E-state index contributed by atoms with van der Waals surface area (Å²) in [5, 5.41) is -0.0399. The highest BCUT2D eigenvalue weighted by molar-refractivity contribution is 6.74. The maximum Gasteiger partial charge on any atom is 0.410 e. The number of ether oxygens (including phenoxy) is 7. The molecule has 3 rings (SSSR count). The Morgan fingerprint density at radius 1 is 1.03 bits per heavy atom. The predicted molar refractivity (Wildman–Crippen MR) is 239 cm³/mol. The van der Waals surface area contributed by atoms with Crippen molar-refractivity contribution in [1.82, 2.24) is 9.80 Å². The minimum atomic E-state index is -2.19. The van der Waals surface area contributed by atoms with Crippen LogP contribution in [-0.2, 0) is 42.4 Å². The fraction of sp³-hybridized carbons (Fsp3) is 0.723. The van der Waals surface area contributed by atoms with Crippen LogP contribution in [0.3, 0.4) is 0 Å². The monoisotopic (exact) mass is 875 g/mol. The Labute approximate surface area is 367 Å². The third-order valence-corrected chi connectivity index (χ3v) is 16.6. The molecule has 1 aromatic carbocycles. The highest BCUT2D eigenvalue weighted by Gasteiger charge is 2.51. The van der Waals surface area contributed by atoms with E-state index in [4.69, 9.17) is 37.6 Å². The fourth-order valence-corrected chi connectivity index (χ4v) is 8.69. The van der Waals surface area contributed by atoms with E-state index in [0.29, 0.717) is 29.7 Å². The zero-order chi connectivity index (χ0) is 46.5. The van der Waals surface area contributed by atoms with Gasteiger partial charge < -0.3 is 42.5 Å². The van der Waals surface area contributed by atoms with Gasteiger partial charge in [0.05, 0.1) is 47.6 Å². The normalized spacial score (nSPS) is 24.1. The molecule has 1 saturated heterocycles. The van der Waals surface area contributed by atoms with Crippen molar-refractivity contribution < 1.29 is 52.0 Å². The first-order valence-electron chi connectivity index (χ1n) is 21.6. The molecule has 0 saturated carbocycles. The zero-order valence-corrected chi connectivity index (χ0v) is 41.5. The van der Waals surface area contributed by atoms with Gasteiger partial charge in [-0.15, -0.1) is 6.58 Å². The van der Waals surface area contributed by atoms with Crippen LogP contribution in [0.15, 0.2) is 54.3 Å². The third kappa shape index (κ3) is 13.9. The first kappa shape index (κ1) is 52.1. The molecule has 2 heterocycles. The van der Waals surface area contributed by atoms with Gasteiger partial charge in [-0.3, -0.25) is 4.90 Å². The molecule has 2 aliphatic heterocycles. The van der Waals surface area contributed by atoms with Crippen LogP contribution in [0.25, 0.3) is 0 Å². The van der Waals surface area contributed by atoms with Crippen LogP contribution in [0.2, 0.25) is 18.1 Å². The molecule has 9 atom stereocenters. The molecule has 0 radical (unpaired) electrons. The van der Waals surface area contributed by atoms with Crippen molar-refractivity contribution in [2.24, 2.45) is 11.8 Å². The first-order chi connectivity index (χ1) is 28.0. The van der Waals surface area contributed by atoms with Gasteiger partial charge in [0, 0.05) is 33.4 Å². The number of esters is 2. The van der Waals surface area contributed by atoms with Gasteiger partial charge in [-0.1, -0.05) is 58.9 Å². The molecular weight excluding hydrogens is 797 g/mol. The number of likely N-dealkylation sites (N-methyl/N-ethyl adjacent to an activating group) is 1. The summed E-state index contributed by atoms with van der Waals surface area (Å²) in [6.07, 6.45) is -0.842. The van der Waals surface area contributed by atoms with Gasteiger partial charge in [0.15, 0.2) is 20.7 Å². The van der Waals surface area contributed by atoms with Gasteiger partial charge in [0.1, 0.15) is 11.4 Å². The first-order valence-corrected chi connectivity index (χ1v) is 24.5. The number of benzene rings is 1. The molecule has 0 unspecified atom stereocenters. The Bertz CT molecular complexity index is 1680. The molecule has 0 bridgehead atoms. The second kappa shape index (κ2) is 20.5. The standard InChI is InChI=1S/C47H78N2O11Si/c1-20-35(29-54-61(18,19)45(9,10)11)49(43(52)60-44(6,7)8)28-30(2)27-47(14,53-17)39(32(4)37-33(5)40(50)59-46(12,13)58-37)57-42-38(36(48(15)16)26-31(3)55-42)56-41(51)34-24-22-21-23-25-34/h20-25,30-32,35-36,38-39,42H,1,26-29H2,2-19H3/t30-,31-,32+,35-,36+,38-,39-,42+,47-/m1/s1. The highest BCUT2D eigenvalue weighted by atomic mass is 28.4. The number of hydrogen-bond acceptors (Lipinski definition) is 12. The maximum atomic E-state index is 14.1. The average Bonchev–Trinajstić information content (AvgIpc) is 3.14. The maximum absolute atomic E-state index is 14.1. The van der Waals surface area contributed by atoms with Crippen molar-refractivity contribution in [1.29, 1.82) is 0 Å². The molecule has 13 nitrogen and oxygen atoms in total. The van der Waals surface area contributed by atoms with E-state index >= 15 is 0 Å². The Morgan fingerprint density at radius 2 is 1.64 bits per heavy atom. The molecule has 0 N–H and O–H groups in total. The van der Waals surface area contributed by atoms with Crippen LogP contribution in [0, 0.1) is 11.8 Å². The molecule has 0 aromatic heterocycles. The third-order valence-electron chi connectivity index (χ3n) is 12.1. The van der Waals surface area contributed by atoms with Crippen molar-refractivity contribution in [2.45, 2.75) is 175 Å². The van der Waals surface area contributed by atoms with Crippen molar-refractivity contribution in [3.63, 3.8) is 0 Å². The average molecular weight is 875 g/mol. The lowest BCUT2D eigenvalue weighted by molar-refractivity contribution is -0.298. The van der Waals surface area contributed by atoms with Gasteiger partial charge in [-0.2, -0.15) is 0 Å². The van der Waals surface area contributed by atoms with E-state index in [0.717, 1.165) is 0 Å². The smallest absolute Gasteiger partial charge is 0.410 e. The second-order valence-electron chi connectivity index (χ2n) is 20.4. The lowest BCUT2D eigenvalue weighted by Gasteiger charge is -2.48. The number of amides is 1. The predicted octanol–water partition coefficient (Wildman–Crippen LogP) is 9.13. The minimum Gasteiger partial charge on any atom is -0.456 e. The molecule has 0 spiro atoms. The summed E-state index contributed by atoms with van der Waals surface area (Å²) >= 11 is 0. The van der Waals surface area contributed by atoms with Gasteiger partial charge in [0.25, 0.3) is 0 Å². The van der Waals surface area contributed by atoms with E-state index in [2.05, 4.69) is 40.4 Å².